The van der Waals surface area contributed by atoms with Crippen LogP contribution >= 0.6 is 15.9 Å². The van der Waals surface area contributed by atoms with Crippen LogP contribution in [-0.2, 0) is 5.41 Å². The summed E-state index contributed by atoms with van der Waals surface area (Å²) in [4.78, 5) is 4.68. The van der Waals surface area contributed by atoms with Gasteiger partial charge in [-0.25, -0.2) is 0 Å². The average Bonchev–Trinajstić information content (AvgIpc) is 2.92. The molecule has 0 N–H and O–H groups in total. The second kappa shape index (κ2) is 9.00. The monoisotopic (exact) mass is 530 g/mol. The average molecular weight is 531 g/mol. The highest BCUT2D eigenvalue weighted by Crippen LogP contribution is 2.52. The van der Waals surface area contributed by atoms with E-state index < -0.39 is 0 Å². The highest BCUT2D eigenvalue weighted by Gasteiger charge is 2.36. The topological polar surface area (TPSA) is 6.48 Å². The lowest BCUT2D eigenvalue weighted by molar-refractivity contribution is 0.631. The molecule has 0 amide bonds. The number of benzene rings is 5. The molecule has 1 heterocycles. The van der Waals surface area contributed by atoms with Gasteiger partial charge in [-0.05, 0) is 83.9 Å². The number of hydrogen-bond donors (Lipinski definition) is 0. The zero-order chi connectivity index (χ0) is 24.7. The summed E-state index contributed by atoms with van der Waals surface area (Å²) >= 11 is 3.70. The van der Waals surface area contributed by atoms with Crippen molar-refractivity contribution >= 4 is 50.1 Å². The Hall–Kier alpha value is -3.82. The van der Waals surface area contributed by atoms with Crippen LogP contribution in [0.3, 0.4) is 0 Å². The smallest absolute Gasteiger partial charge is 0.0503 e. The van der Waals surface area contributed by atoms with Crippen molar-refractivity contribution in [2.24, 2.45) is 0 Å². The molecule has 36 heavy (non-hydrogen) atoms. The van der Waals surface area contributed by atoms with Crippen molar-refractivity contribution in [3.63, 3.8) is 0 Å². The number of rotatable bonds is 4. The molecule has 0 unspecified atom stereocenters. The first-order chi connectivity index (χ1) is 17.5. The molecule has 176 valence electrons. The molecule has 1 aliphatic rings. The summed E-state index contributed by atoms with van der Waals surface area (Å²) in [6.07, 6.45) is 0. The summed E-state index contributed by atoms with van der Waals surface area (Å²) in [5.41, 5.74) is 9.54. The fraction of sp³-hybridized carbons (Fsp3) is 0.0909. The van der Waals surface area contributed by atoms with Crippen molar-refractivity contribution in [3.8, 4) is 0 Å². The van der Waals surface area contributed by atoms with Crippen LogP contribution < -0.4 is 9.80 Å². The molecule has 0 saturated heterocycles. The van der Waals surface area contributed by atoms with Crippen LogP contribution in [0.1, 0.15) is 25.0 Å². The fourth-order valence-corrected chi connectivity index (χ4v) is 5.67. The molecule has 0 radical (unpaired) electrons. The van der Waals surface area contributed by atoms with Gasteiger partial charge in [0, 0.05) is 32.6 Å². The van der Waals surface area contributed by atoms with Gasteiger partial charge in [-0.2, -0.15) is 0 Å². The van der Waals surface area contributed by atoms with E-state index >= 15 is 0 Å². The second-order valence-corrected chi connectivity index (χ2v) is 10.6. The van der Waals surface area contributed by atoms with Crippen LogP contribution in [0.4, 0.5) is 34.1 Å². The van der Waals surface area contributed by atoms with Crippen LogP contribution in [0.5, 0.6) is 0 Å². The predicted molar refractivity (Wildman–Crippen MR) is 156 cm³/mol. The Bertz CT molecular complexity index is 1470. The van der Waals surface area contributed by atoms with Gasteiger partial charge in [-0.3, -0.25) is 0 Å². The normalized spacial score (nSPS) is 13.6. The van der Waals surface area contributed by atoms with E-state index in [1.165, 1.54) is 22.5 Å². The van der Waals surface area contributed by atoms with E-state index in [1.807, 2.05) is 0 Å². The number of para-hydroxylation sites is 3. The first kappa shape index (κ1) is 22.6. The molecule has 5 aromatic carbocycles. The van der Waals surface area contributed by atoms with Crippen LogP contribution in [0.2, 0.25) is 0 Å². The van der Waals surface area contributed by atoms with E-state index in [9.17, 15) is 0 Å². The summed E-state index contributed by atoms with van der Waals surface area (Å²) in [6.45, 7) is 4.63. The molecule has 5 aromatic rings. The van der Waals surface area contributed by atoms with Gasteiger partial charge < -0.3 is 9.80 Å². The van der Waals surface area contributed by atoms with Gasteiger partial charge in [0.2, 0.25) is 0 Å². The minimum Gasteiger partial charge on any atom is -0.311 e. The Kier molecular flexibility index (Phi) is 5.66. The first-order valence-corrected chi connectivity index (χ1v) is 13.0. The van der Waals surface area contributed by atoms with Gasteiger partial charge in [0.05, 0.1) is 11.4 Å². The standard InChI is InChI=1S/C33H27BrN2/c1-33(2)29-15-9-10-16-31(29)36(32-22-17-24(34)23-30(32)33)28-20-18-27(19-21-28)35(25-11-5-3-6-12-25)26-13-7-4-8-14-26/h3-23H,1-2H3. The van der Waals surface area contributed by atoms with Crippen molar-refractivity contribution in [3.05, 3.63) is 143 Å². The Labute approximate surface area is 221 Å². The lowest BCUT2D eigenvalue weighted by atomic mass is 9.73. The lowest BCUT2D eigenvalue weighted by Crippen LogP contribution is -2.30. The second-order valence-electron chi connectivity index (χ2n) is 9.66. The number of anilines is 6. The number of fused-ring (bicyclic) bond motifs is 2. The molecule has 0 atom stereocenters. The Morgan fingerprint density at radius 1 is 0.556 bits per heavy atom. The van der Waals surface area contributed by atoms with Crippen LogP contribution in [0, 0.1) is 0 Å². The SMILES string of the molecule is CC1(C)c2ccccc2N(c2ccc(N(c3ccccc3)c3ccccc3)cc2)c2ccc(Br)cc21. The quantitative estimate of drug-likeness (QED) is 0.228. The third kappa shape index (κ3) is 3.81. The maximum Gasteiger partial charge on any atom is 0.0503 e. The molecular formula is C33H27BrN2. The summed E-state index contributed by atoms with van der Waals surface area (Å²) in [6, 6.07) is 45.3. The van der Waals surface area contributed by atoms with Gasteiger partial charge in [0.1, 0.15) is 0 Å². The van der Waals surface area contributed by atoms with Crippen LogP contribution in [0.15, 0.2) is 132 Å². The van der Waals surface area contributed by atoms with Crippen molar-refractivity contribution < 1.29 is 0 Å². The zero-order valence-electron chi connectivity index (χ0n) is 20.4. The maximum atomic E-state index is 3.70. The summed E-state index contributed by atoms with van der Waals surface area (Å²) < 4.78 is 1.10. The van der Waals surface area contributed by atoms with Crippen molar-refractivity contribution in [2.75, 3.05) is 9.80 Å². The number of halogens is 1. The van der Waals surface area contributed by atoms with Gasteiger partial charge in [0.15, 0.2) is 0 Å². The lowest BCUT2D eigenvalue weighted by Gasteiger charge is -2.42. The minimum atomic E-state index is -0.0937. The molecule has 0 fully saturated rings. The molecule has 0 aromatic heterocycles. The van der Waals surface area contributed by atoms with Gasteiger partial charge in [-0.15, -0.1) is 0 Å². The zero-order valence-corrected chi connectivity index (χ0v) is 22.0. The van der Waals surface area contributed by atoms with Crippen LogP contribution in [-0.4, -0.2) is 0 Å². The Balaban J connectivity index is 1.48. The first-order valence-electron chi connectivity index (χ1n) is 12.2. The Morgan fingerprint density at radius 2 is 1.08 bits per heavy atom. The minimum absolute atomic E-state index is 0.0937. The van der Waals surface area contributed by atoms with E-state index in [0.717, 1.165) is 27.2 Å². The number of hydrogen-bond acceptors (Lipinski definition) is 2. The van der Waals surface area contributed by atoms with E-state index in [4.69, 9.17) is 0 Å². The molecule has 6 rings (SSSR count). The molecule has 0 aliphatic carbocycles. The largest absolute Gasteiger partial charge is 0.311 e. The Morgan fingerprint density at radius 3 is 1.72 bits per heavy atom. The highest BCUT2D eigenvalue weighted by molar-refractivity contribution is 9.10. The third-order valence-corrected chi connectivity index (χ3v) is 7.58. The van der Waals surface area contributed by atoms with E-state index in [1.54, 1.807) is 0 Å². The van der Waals surface area contributed by atoms with Crippen molar-refractivity contribution in [1.82, 2.24) is 0 Å². The molecule has 0 spiro atoms. The molecule has 1 aliphatic heterocycles. The van der Waals surface area contributed by atoms with Gasteiger partial charge in [-0.1, -0.05) is 84.4 Å². The molecule has 0 bridgehead atoms. The highest BCUT2D eigenvalue weighted by atomic mass is 79.9. The molecule has 2 nitrogen and oxygen atoms in total. The summed E-state index contributed by atoms with van der Waals surface area (Å²) in [5, 5.41) is 0. The third-order valence-electron chi connectivity index (χ3n) is 7.09. The van der Waals surface area contributed by atoms with Crippen molar-refractivity contribution in [2.45, 2.75) is 19.3 Å². The van der Waals surface area contributed by atoms with Crippen molar-refractivity contribution in [1.29, 1.82) is 0 Å². The van der Waals surface area contributed by atoms with Gasteiger partial charge in [0.25, 0.3) is 0 Å². The summed E-state index contributed by atoms with van der Waals surface area (Å²) in [5.74, 6) is 0. The maximum absolute atomic E-state index is 3.70. The fourth-order valence-electron chi connectivity index (χ4n) is 5.31. The summed E-state index contributed by atoms with van der Waals surface area (Å²) in [7, 11) is 0. The van der Waals surface area contributed by atoms with Crippen LogP contribution in [0.25, 0.3) is 0 Å². The van der Waals surface area contributed by atoms with E-state index in [-0.39, 0.29) is 5.41 Å². The molecule has 0 saturated carbocycles. The van der Waals surface area contributed by atoms with Gasteiger partial charge >= 0.3 is 0 Å². The number of nitrogens with zero attached hydrogens (tertiary/aromatic N) is 2. The van der Waals surface area contributed by atoms with E-state index in [0.29, 0.717) is 0 Å². The van der Waals surface area contributed by atoms with E-state index in [2.05, 4.69) is 167 Å². The predicted octanol–water partition coefficient (Wildman–Crippen LogP) is 10.0. The molecule has 3 heteroatoms. The molecular weight excluding hydrogens is 504 g/mol.